The summed E-state index contributed by atoms with van der Waals surface area (Å²) in [4.78, 5) is 0. The van der Waals surface area contributed by atoms with Gasteiger partial charge in [-0.25, -0.2) is 0 Å². The largest absolute Gasteiger partial charge is 0.396 e. The number of hydrogen-bond acceptors (Lipinski definition) is 2. The first kappa shape index (κ1) is 11.9. The van der Waals surface area contributed by atoms with Crippen LogP contribution in [0.4, 0.5) is 0 Å². The second-order valence-corrected chi connectivity index (χ2v) is 4.82. The molecule has 0 bridgehead atoms. The SMILES string of the molecule is OCC(c1ccccc1Cl)C1CCCNC1. The van der Waals surface area contributed by atoms with Crippen LogP contribution >= 0.6 is 11.6 Å². The van der Waals surface area contributed by atoms with Gasteiger partial charge in [-0.3, -0.25) is 0 Å². The van der Waals surface area contributed by atoms with E-state index < -0.39 is 0 Å². The van der Waals surface area contributed by atoms with Crippen molar-refractivity contribution in [1.82, 2.24) is 5.32 Å². The summed E-state index contributed by atoms with van der Waals surface area (Å²) in [5.41, 5.74) is 1.08. The molecule has 0 amide bonds. The summed E-state index contributed by atoms with van der Waals surface area (Å²) in [6.45, 7) is 2.25. The number of rotatable bonds is 3. The lowest BCUT2D eigenvalue weighted by molar-refractivity contribution is 0.204. The Kier molecular flexibility index (Phi) is 4.22. The third-order valence-corrected chi connectivity index (χ3v) is 3.75. The van der Waals surface area contributed by atoms with Gasteiger partial charge in [-0.15, -0.1) is 0 Å². The van der Waals surface area contributed by atoms with Crippen LogP contribution in [0, 0.1) is 5.92 Å². The van der Waals surface area contributed by atoms with Crippen LogP contribution in [0.15, 0.2) is 24.3 Å². The molecule has 88 valence electrons. The van der Waals surface area contributed by atoms with Crippen molar-refractivity contribution in [1.29, 1.82) is 0 Å². The molecule has 0 spiro atoms. The topological polar surface area (TPSA) is 32.3 Å². The number of hydrogen-bond donors (Lipinski definition) is 2. The van der Waals surface area contributed by atoms with Gasteiger partial charge in [-0.05, 0) is 43.5 Å². The minimum Gasteiger partial charge on any atom is -0.396 e. The van der Waals surface area contributed by atoms with Crippen molar-refractivity contribution in [3.8, 4) is 0 Å². The Morgan fingerprint density at radius 1 is 1.44 bits per heavy atom. The van der Waals surface area contributed by atoms with E-state index in [9.17, 15) is 5.11 Å². The number of benzene rings is 1. The third-order valence-electron chi connectivity index (χ3n) is 3.41. The Balaban J connectivity index is 2.18. The summed E-state index contributed by atoms with van der Waals surface area (Å²) in [5.74, 6) is 0.667. The van der Waals surface area contributed by atoms with Crippen LogP contribution in [-0.4, -0.2) is 24.8 Å². The minimum atomic E-state index is 0.168. The van der Waals surface area contributed by atoms with Crippen LogP contribution in [0.25, 0.3) is 0 Å². The van der Waals surface area contributed by atoms with Crippen LogP contribution < -0.4 is 5.32 Å². The van der Waals surface area contributed by atoms with Gasteiger partial charge in [0.15, 0.2) is 0 Å². The van der Waals surface area contributed by atoms with Crippen molar-refractivity contribution in [3.63, 3.8) is 0 Å². The molecule has 2 unspecified atom stereocenters. The molecule has 2 N–H and O–H groups in total. The first-order chi connectivity index (χ1) is 7.83. The molecule has 0 aliphatic carbocycles. The predicted molar refractivity (Wildman–Crippen MR) is 66.9 cm³/mol. The summed E-state index contributed by atoms with van der Waals surface area (Å²) >= 11 is 6.19. The van der Waals surface area contributed by atoms with E-state index in [4.69, 9.17) is 11.6 Å². The quantitative estimate of drug-likeness (QED) is 0.849. The zero-order chi connectivity index (χ0) is 11.4. The normalized spacial score (nSPS) is 23.0. The summed E-state index contributed by atoms with van der Waals surface area (Å²) in [7, 11) is 0. The molecule has 0 radical (unpaired) electrons. The van der Waals surface area contributed by atoms with E-state index in [-0.39, 0.29) is 12.5 Å². The highest BCUT2D eigenvalue weighted by atomic mass is 35.5. The fourth-order valence-corrected chi connectivity index (χ4v) is 2.78. The zero-order valence-corrected chi connectivity index (χ0v) is 10.1. The molecule has 1 aromatic rings. The molecule has 2 rings (SSSR count). The Labute approximate surface area is 102 Å². The molecule has 1 aromatic carbocycles. The van der Waals surface area contributed by atoms with Crippen molar-refractivity contribution in [3.05, 3.63) is 34.9 Å². The number of aliphatic hydroxyl groups is 1. The van der Waals surface area contributed by atoms with Gasteiger partial charge >= 0.3 is 0 Å². The summed E-state index contributed by atoms with van der Waals surface area (Å²) in [5, 5.41) is 13.7. The Bertz CT molecular complexity index is 336. The van der Waals surface area contributed by atoms with Gasteiger partial charge in [-0.2, -0.15) is 0 Å². The fourth-order valence-electron chi connectivity index (χ4n) is 2.50. The van der Waals surface area contributed by atoms with E-state index in [1.807, 2.05) is 24.3 Å². The molecule has 1 fully saturated rings. The minimum absolute atomic E-state index is 0.168. The van der Waals surface area contributed by atoms with Gasteiger partial charge in [-0.1, -0.05) is 29.8 Å². The van der Waals surface area contributed by atoms with Gasteiger partial charge in [0.1, 0.15) is 0 Å². The van der Waals surface area contributed by atoms with Crippen molar-refractivity contribution in [2.75, 3.05) is 19.7 Å². The fraction of sp³-hybridized carbons (Fsp3) is 0.538. The Morgan fingerprint density at radius 3 is 2.88 bits per heavy atom. The molecular formula is C13H18ClNO. The Morgan fingerprint density at radius 2 is 2.25 bits per heavy atom. The van der Waals surface area contributed by atoms with Gasteiger partial charge in [0, 0.05) is 10.9 Å². The molecule has 1 aliphatic heterocycles. The number of piperidine rings is 1. The van der Waals surface area contributed by atoms with E-state index >= 15 is 0 Å². The van der Waals surface area contributed by atoms with Gasteiger partial charge < -0.3 is 10.4 Å². The third kappa shape index (κ3) is 2.57. The standard InChI is InChI=1S/C13H18ClNO/c14-13-6-2-1-5-11(13)12(9-16)10-4-3-7-15-8-10/h1-2,5-6,10,12,15-16H,3-4,7-9H2. The molecule has 1 saturated heterocycles. The highest BCUT2D eigenvalue weighted by molar-refractivity contribution is 6.31. The van der Waals surface area contributed by atoms with Crippen molar-refractivity contribution in [2.45, 2.75) is 18.8 Å². The first-order valence-electron chi connectivity index (χ1n) is 5.89. The van der Waals surface area contributed by atoms with Crippen LogP contribution in [0.1, 0.15) is 24.3 Å². The summed E-state index contributed by atoms with van der Waals surface area (Å²) in [6.07, 6.45) is 2.36. The average Bonchev–Trinajstić information content (AvgIpc) is 2.34. The summed E-state index contributed by atoms with van der Waals surface area (Å²) < 4.78 is 0. The summed E-state index contributed by atoms with van der Waals surface area (Å²) in [6, 6.07) is 7.84. The van der Waals surface area contributed by atoms with E-state index in [1.165, 1.54) is 12.8 Å². The zero-order valence-electron chi connectivity index (χ0n) is 9.32. The first-order valence-corrected chi connectivity index (χ1v) is 6.26. The number of aliphatic hydroxyl groups excluding tert-OH is 1. The van der Waals surface area contributed by atoms with E-state index in [2.05, 4.69) is 5.32 Å². The molecule has 2 nitrogen and oxygen atoms in total. The van der Waals surface area contributed by atoms with Crippen LogP contribution in [0.3, 0.4) is 0 Å². The number of nitrogens with one attached hydrogen (secondary N) is 1. The average molecular weight is 240 g/mol. The van der Waals surface area contributed by atoms with Crippen molar-refractivity contribution in [2.24, 2.45) is 5.92 Å². The molecule has 1 heterocycles. The lowest BCUT2D eigenvalue weighted by Crippen LogP contribution is -2.34. The van der Waals surface area contributed by atoms with Gasteiger partial charge in [0.05, 0.1) is 6.61 Å². The van der Waals surface area contributed by atoms with E-state index in [0.717, 1.165) is 23.7 Å². The maximum atomic E-state index is 9.57. The van der Waals surface area contributed by atoms with Crippen LogP contribution in [0.5, 0.6) is 0 Å². The van der Waals surface area contributed by atoms with Gasteiger partial charge in [0.2, 0.25) is 0 Å². The van der Waals surface area contributed by atoms with Gasteiger partial charge in [0.25, 0.3) is 0 Å². The number of halogens is 1. The molecule has 3 heteroatoms. The van der Waals surface area contributed by atoms with Crippen LogP contribution in [-0.2, 0) is 0 Å². The highest BCUT2D eigenvalue weighted by Gasteiger charge is 2.25. The van der Waals surface area contributed by atoms with E-state index in [1.54, 1.807) is 0 Å². The molecular weight excluding hydrogens is 222 g/mol. The predicted octanol–water partition coefficient (Wildman–Crippen LogP) is 2.42. The smallest absolute Gasteiger partial charge is 0.0503 e. The van der Waals surface area contributed by atoms with Crippen molar-refractivity contribution < 1.29 is 5.11 Å². The van der Waals surface area contributed by atoms with Crippen molar-refractivity contribution >= 4 is 11.6 Å². The lowest BCUT2D eigenvalue weighted by Gasteiger charge is -2.30. The second-order valence-electron chi connectivity index (χ2n) is 4.42. The van der Waals surface area contributed by atoms with Crippen LogP contribution in [0.2, 0.25) is 5.02 Å². The Hall–Kier alpha value is -0.570. The molecule has 2 atom stereocenters. The monoisotopic (exact) mass is 239 g/mol. The second kappa shape index (κ2) is 5.67. The maximum Gasteiger partial charge on any atom is 0.0503 e. The highest BCUT2D eigenvalue weighted by Crippen LogP contribution is 2.33. The molecule has 1 aliphatic rings. The molecule has 0 aromatic heterocycles. The maximum absolute atomic E-state index is 9.57. The molecule has 16 heavy (non-hydrogen) atoms. The van der Waals surface area contributed by atoms with E-state index in [0.29, 0.717) is 5.92 Å². The lowest BCUT2D eigenvalue weighted by atomic mass is 9.82. The molecule has 0 saturated carbocycles.